The highest BCUT2D eigenvalue weighted by Gasteiger charge is 2.28. The standard InChI is InChI=1S/C25H32N6O3S/c1-19-15-26-25(29-24(19)21-16-27-31(17-21)23-9-13-34-14-10-23)28-22-7-11-30(12-8-22)35(32,33)18-20-5-3-2-4-6-20/h2-6,15-17,22-23H,7-14,18H2,1H3,(H,26,28,29). The van der Waals surface area contributed by atoms with Crippen molar-refractivity contribution in [2.24, 2.45) is 0 Å². The highest BCUT2D eigenvalue weighted by atomic mass is 32.2. The Bertz CT molecular complexity index is 1230. The fraction of sp³-hybridized carbons (Fsp3) is 0.480. The number of hydrogen-bond acceptors (Lipinski definition) is 7. The van der Waals surface area contributed by atoms with E-state index >= 15 is 0 Å². The third kappa shape index (κ3) is 5.71. The normalized spacial score (nSPS) is 18.5. The summed E-state index contributed by atoms with van der Waals surface area (Å²) in [6.45, 7) is 4.52. The van der Waals surface area contributed by atoms with E-state index in [4.69, 9.17) is 9.72 Å². The molecule has 1 N–H and O–H groups in total. The van der Waals surface area contributed by atoms with Crippen LogP contribution in [-0.4, -0.2) is 64.8 Å². The minimum atomic E-state index is -3.33. The number of ether oxygens (including phenoxy) is 1. The Kier molecular flexibility index (Phi) is 7.12. The van der Waals surface area contributed by atoms with Crippen LogP contribution in [0, 0.1) is 6.92 Å². The third-order valence-corrected chi connectivity index (χ3v) is 8.63. The Labute approximate surface area is 206 Å². The van der Waals surface area contributed by atoms with E-state index in [0.29, 0.717) is 37.9 Å². The van der Waals surface area contributed by atoms with Gasteiger partial charge in [-0.15, -0.1) is 0 Å². The smallest absolute Gasteiger partial charge is 0.223 e. The zero-order chi connectivity index (χ0) is 24.3. The zero-order valence-electron chi connectivity index (χ0n) is 20.0. The van der Waals surface area contributed by atoms with Gasteiger partial charge in [-0.1, -0.05) is 30.3 Å². The van der Waals surface area contributed by atoms with E-state index in [-0.39, 0.29) is 11.8 Å². The number of hydrogen-bond donors (Lipinski definition) is 1. The van der Waals surface area contributed by atoms with Crippen molar-refractivity contribution in [3.05, 3.63) is 60.0 Å². The number of aryl methyl sites for hydroxylation is 1. The Morgan fingerprint density at radius 2 is 1.80 bits per heavy atom. The Hall–Kier alpha value is -2.82. The van der Waals surface area contributed by atoms with E-state index in [1.165, 1.54) is 0 Å². The fourth-order valence-corrected chi connectivity index (χ4v) is 6.31. The Morgan fingerprint density at radius 1 is 1.06 bits per heavy atom. The third-order valence-electron chi connectivity index (χ3n) is 6.78. The number of piperidine rings is 1. The summed E-state index contributed by atoms with van der Waals surface area (Å²) < 4.78 is 34.8. The van der Waals surface area contributed by atoms with E-state index in [2.05, 4.69) is 21.6 Å². The molecule has 1 aromatic carbocycles. The first kappa shape index (κ1) is 23.9. The van der Waals surface area contributed by atoms with Crippen LogP contribution in [0.1, 0.15) is 42.9 Å². The van der Waals surface area contributed by atoms with Gasteiger partial charge in [-0.3, -0.25) is 4.68 Å². The van der Waals surface area contributed by atoms with Crippen molar-refractivity contribution in [3.63, 3.8) is 0 Å². The number of nitrogens with one attached hydrogen (secondary N) is 1. The molecule has 0 bridgehead atoms. The molecule has 2 aliphatic rings. The summed E-state index contributed by atoms with van der Waals surface area (Å²) in [6.07, 6.45) is 9.11. The summed E-state index contributed by atoms with van der Waals surface area (Å²) in [5.74, 6) is 0.604. The number of benzene rings is 1. The zero-order valence-corrected chi connectivity index (χ0v) is 20.8. The van der Waals surface area contributed by atoms with Crippen LogP contribution in [0.15, 0.2) is 48.9 Å². The molecule has 3 aromatic rings. The van der Waals surface area contributed by atoms with Crippen LogP contribution in [0.2, 0.25) is 0 Å². The van der Waals surface area contributed by atoms with Gasteiger partial charge < -0.3 is 10.1 Å². The lowest BCUT2D eigenvalue weighted by atomic mass is 10.1. The summed E-state index contributed by atoms with van der Waals surface area (Å²) in [5, 5.41) is 8.00. The van der Waals surface area contributed by atoms with Gasteiger partial charge in [-0.05, 0) is 43.7 Å². The van der Waals surface area contributed by atoms with Crippen molar-refractivity contribution in [2.45, 2.75) is 50.4 Å². The second-order valence-electron chi connectivity index (χ2n) is 9.34. The van der Waals surface area contributed by atoms with Gasteiger partial charge >= 0.3 is 0 Å². The van der Waals surface area contributed by atoms with Crippen LogP contribution in [-0.2, 0) is 20.5 Å². The van der Waals surface area contributed by atoms with Crippen molar-refractivity contribution in [2.75, 3.05) is 31.6 Å². The lowest BCUT2D eigenvalue weighted by Gasteiger charge is -2.31. The number of sulfonamides is 1. The molecule has 2 fully saturated rings. The molecule has 0 radical (unpaired) electrons. The number of aromatic nitrogens is 4. The summed E-state index contributed by atoms with van der Waals surface area (Å²) in [5.41, 5.74) is 3.64. The first-order chi connectivity index (χ1) is 17.0. The quantitative estimate of drug-likeness (QED) is 0.535. The molecule has 0 unspecified atom stereocenters. The highest BCUT2D eigenvalue weighted by Crippen LogP contribution is 2.26. The van der Waals surface area contributed by atoms with Gasteiger partial charge in [0.05, 0.1) is 23.7 Å². The molecule has 35 heavy (non-hydrogen) atoms. The van der Waals surface area contributed by atoms with Crippen LogP contribution >= 0.6 is 0 Å². The van der Waals surface area contributed by atoms with Crippen LogP contribution in [0.25, 0.3) is 11.3 Å². The van der Waals surface area contributed by atoms with Crippen molar-refractivity contribution in [1.82, 2.24) is 24.1 Å². The predicted molar refractivity (Wildman–Crippen MR) is 134 cm³/mol. The van der Waals surface area contributed by atoms with Gasteiger partial charge in [0.25, 0.3) is 0 Å². The van der Waals surface area contributed by atoms with Gasteiger partial charge in [0.15, 0.2) is 0 Å². The molecule has 0 spiro atoms. The molecular formula is C25H32N6O3S. The van der Waals surface area contributed by atoms with Gasteiger partial charge in [-0.2, -0.15) is 5.10 Å². The van der Waals surface area contributed by atoms with E-state index in [1.807, 2.05) is 54.3 Å². The molecule has 2 aliphatic heterocycles. The predicted octanol–water partition coefficient (Wildman–Crippen LogP) is 3.41. The van der Waals surface area contributed by atoms with Gasteiger partial charge in [0.1, 0.15) is 0 Å². The molecule has 4 heterocycles. The molecule has 9 nitrogen and oxygen atoms in total. The van der Waals surface area contributed by atoms with E-state index in [9.17, 15) is 8.42 Å². The Balaban J connectivity index is 1.21. The molecule has 2 aromatic heterocycles. The van der Waals surface area contributed by atoms with Crippen molar-refractivity contribution < 1.29 is 13.2 Å². The lowest BCUT2D eigenvalue weighted by Crippen LogP contribution is -2.43. The van der Waals surface area contributed by atoms with Crippen LogP contribution in [0.5, 0.6) is 0 Å². The SMILES string of the molecule is Cc1cnc(NC2CCN(S(=O)(=O)Cc3ccccc3)CC2)nc1-c1cnn(C2CCOCC2)c1. The van der Waals surface area contributed by atoms with Gasteiger partial charge in [0, 0.05) is 50.3 Å². The van der Waals surface area contributed by atoms with Gasteiger partial charge in [-0.25, -0.2) is 22.7 Å². The molecule has 186 valence electrons. The summed E-state index contributed by atoms with van der Waals surface area (Å²) >= 11 is 0. The number of anilines is 1. The van der Waals surface area contributed by atoms with Crippen molar-refractivity contribution >= 4 is 16.0 Å². The largest absolute Gasteiger partial charge is 0.381 e. The minimum Gasteiger partial charge on any atom is -0.381 e. The lowest BCUT2D eigenvalue weighted by molar-refractivity contribution is 0.0662. The van der Waals surface area contributed by atoms with Crippen molar-refractivity contribution in [1.29, 1.82) is 0 Å². The maximum atomic E-state index is 12.8. The summed E-state index contributed by atoms with van der Waals surface area (Å²) in [6, 6.07) is 9.82. The second kappa shape index (κ2) is 10.4. The molecule has 0 saturated carbocycles. The molecule has 0 amide bonds. The van der Waals surface area contributed by atoms with Crippen LogP contribution in [0.3, 0.4) is 0 Å². The summed E-state index contributed by atoms with van der Waals surface area (Å²) in [4.78, 5) is 9.27. The van der Waals surface area contributed by atoms with E-state index < -0.39 is 10.0 Å². The molecule has 0 atom stereocenters. The van der Waals surface area contributed by atoms with Crippen LogP contribution < -0.4 is 5.32 Å². The Morgan fingerprint density at radius 3 is 2.54 bits per heavy atom. The molecular weight excluding hydrogens is 464 g/mol. The molecule has 0 aliphatic carbocycles. The number of rotatable bonds is 7. The maximum absolute atomic E-state index is 12.8. The molecule has 10 heteroatoms. The summed E-state index contributed by atoms with van der Waals surface area (Å²) in [7, 11) is -3.33. The van der Waals surface area contributed by atoms with E-state index in [0.717, 1.165) is 48.4 Å². The van der Waals surface area contributed by atoms with E-state index in [1.54, 1.807) is 4.31 Å². The maximum Gasteiger partial charge on any atom is 0.223 e. The van der Waals surface area contributed by atoms with Gasteiger partial charge in [0.2, 0.25) is 16.0 Å². The monoisotopic (exact) mass is 496 g/mol. The highest BCUT2D eigenvalue weighted by molar-refractivity contribution is 7.88. The van der Waals surface area contributed by atoms with Crippen molar-refractivity contribution in [3.8, 4) is 11.3 Å². The topological polar surface area (TPSA) is 102 Å². The van der Waals surface area contributed by atoms with Crippen LogP contribution in [0.4, 0.5) is 5.95 Å². The average Bonchev–Trinajstić information content (AvgIpc) is 3.37. The first-order valence-corrected chi connectivity index (χ1v) is 13.8. The average molecular weight is 497 g/mol. The minimum absolute atomic E-state index is 0.0396. The molecule has 5 rings (SSSR count). The second-order valence-corrected chi connectivity index (χ2v) is 11.3. The fourth-order valence-electron chi connectivity index (χ4n) is 4.75. The molecule has 2 saturated heterocycles. The first-order valence-electron chi connectivity index (χ1n) is 12.2. The number of nitrogens with zero attached hydrogens (tertiary/aromatic N) is 5.